The summed E-state index contributed by atoms with van der Waals surface area (Å²) < 4.78 is 3.48. The van der Waals surface area contributed by atoms with Crippen molar-refractivity contribution in [2.24, 2.45) is 7.05 Å². The van der Waals surface area contributed by atoms with Gasteiger partial charge in [-0.15, -0.1) is 0 Å². The summed E-state index contributed by atoms with van der Waals surface area (Å²) in [5, 5.41) is 12.4. The summed E-state index contributed by atoms with van der Waals surface area (Å²) in [5.41, 5.74) is 5.19. The van der Waals surface area contributed by atoms with Gasteiger partial charge in [0.05, 0.1) is 29.4 Å². The highest BCUT2D eigenvalue weighted by molar-refractivity contribution is 6.12. The van der Waals surface area contributed by atoms with Crippen LogP contribution in [0.2, 0.25) is 0 Å². The number of aromatic nitrogens is 5. The summed E-state index contributed by atoms with van der Waals surface area (Å²) in [5.74, 6) is 0.250. The lowest BCUT2D eigenvalue weighted by Crippen LogP contribution is -2.14. The van der Waals surface area contributed by atoms with Crippen molar-refractivity contribution in [2.75, 3.05) is 5.32 Å². The van der Waals surface area contributed by atoms with E-state index in [9.17, 15) is 4.79 Å². The molecule has 0 aliphatic carbocycles. The number of carbonyl (C=O) groups is 1. The lowest BCUT2D eigenvalue weighted by atomic mass is 10.1. The average molecular weight is 422 g/mol. The largest absolute Gasteiger partial charge is 0.305 e. The van der Waals surface area contributed by atoms with Crippen LogP contribution >= 0.6 is 0 Å². The van der Waals surface area contributed by atoms with E-state index in [4.69, 9.17) is 4.98 Å². The van der Waals surface area contributed by atoms with E-state index in [1.807, 2.05) is 48.3 Å². The van der Waals surface area contributed by atoms with Gasteiger partial charge in [0.1, 0.15) is 0 Å². The molecule has 32 heavy (non-hydrogen) atoms. The van der Waals surface area contributed by atoms with Gasteiger partial charge >= 0.3 is 0 Å². The predicted octanol–water partition coefficient (Wildman–Crippen LogP) is 4.44. The molecule has 3 aromatic heterocycles. The molecule has 0 radical (unpaired) electrons. The van der Waals surface area contributed by atoms with Gasteiger partial charge in [0.15, 0.2) is 11.5 Å². The normalized spacial score (nSPS) is 11.1. The number of benzene rings is 2. The zero-order valence-electron chi connectivity index (χ0n) is 17.9. The fraction of sp³-hybridized carbons (Fsp3) is 0.120. The maximum Gasteiger partial charge on any atom is 0.257 e. The van der Waals surface area contributed by atoms with E-state index >= 15 is 0 Å². The standard InChI is InChI=1S/C25H22N6O/c1-17-8-10-18(11-9-17)16-31-13-12-23(29-31)28-25(32)20-14-22(19-6-4-3-5-7-19)27-24-21(20)15-26-30(24)2/h3-15H,16H2,1-2H3,(H,28,29,32). The van der Waals surface area contributed by atoms with E-state index in [2.05, 4.69) is 46.7 Å². The van der Waals surface area contributed by atoms with Crippen molar-refractivity contribution in [3.63, 3.8) is 0 Å². The monoisotopic (exact) mass is 422 g/mol. The molecule has 1 N–H and O–H groups in total. The maximum absolute atomic E-state index is 13.2. The number of anilines is 1. The molecule has 0 spiro atoms. The molecule has 0 fully saturated rings. The first-order valence-electron chi connectivity index (χ1n) is 10.4. The van der Waals surface area contributed by atoms with E-state index in [1.165, 1.54) is 5.56 Å². The lowest BCUT2D eigenvalue weighted by Gasteiger charge is -2.08. The van der Waals surface area contributed by atoms with Gasteiger partial charge in [-0.2, -0.15) is 10.2 Å². The molecule has 5 aromatic rings. The number of hydrogen-bond donors (Lipinski definition) is 1. The molecule has 0 unspecified atom stereocenters. The minimum Gasteiger partial charge on any atom is -0.305 e. The zero-order valence-corrected chi connectivity index (χ0v) is 17.9. The van der Waals surface area contributed by atoms with E-state index in [0.29, 0.717) is 29.0 Å². The maximum atomic E-state index is 13.2. The van der Waals surface area contributed by atoms with Crippen LogP contribution in [0.1, 0.15) is 21.5 Å². The van der Waals surface area contributed by atoms with Crippen LogP contribution in [0.15, 0.2) is 79.1 Å². The van der Waals surface area contributed by atoms with Crippen molar-refractivity contribution in [3.8, 4) is 11.3 Å². The third-order valence-corrected chi connectivity index (χ3v) is 5.37. The number of nitrogens with one attached hydrogen (secondary N) is 1. The number of aryl methyl sites for hydroxylation is 2. The molecule has 158 valence electrons. The number of pyridine rings is 1. The molecule has 0 atom stereocenters. The van der Waals surface area contributed by atoms with Gasteiger partial charge in [0.25, 0.3) is 5.91 Å². The Hall–Kier alpha value is -4.26. The first-order chi connectivity index (χ1) is 15.6. The SMILES string of the molecule is Cc1ccc(Cn2ccc(NC(=O)c3cc(-c4ccccc4)nc4c3cnn4C)n2)cc1. The second kappa shape index (κ2) is 8.11. The topological polar surface area (TPSA) is 77.6 Å². The molecule has 2 aromatic carbocycles. The van der Waals surface area contributed by atoms with Crippen molar-refractivity contribution < 1.29 is 4.79 Å². The number of carbonyl (C=O) groups excluding carboxylic acids is 1. The summed E-state index contributed by atoms with van der Waals surface area (Å²) >= 11 is 0. The van der Waals surface area contributed by atoms with Crippen molar-refractivity contribution in [2.45, 2.75) is 13.5 Å². The zero-order chi connectivity index (χ0) is 22.1. The quantitative estimate of drug-likeness (QED) is 0.454. The summed E-state index contributed by atoms with van der Waals surface area (Å²) in [6.45, 7) is 2.70. The van der Waals surface area contributed by atoms with Crippen LogP contribution in [0.3, 0.4) is 0 Å². The number of amides is 1. The molecule has 0 saturated carbocycles. The first-order valence-corrected chi connectivity index (χ1v) is 10.4. The van der Waals surface area contributed by atoms with Crippen molar-refractivity contribution >= 4 is 22.8 Å². The first kappa shape index (κ1) is 19.7. The van der Waals surface area contributed by atoms with E-state index < -0.39 is 0 Å². The van der Waals surface area contributed by atoms with Crippen molar-refractivity contribution in [3.05, 3.63) is 95.8 Å². The molecule has 3 heterocycles. The highest BCUT2D eigenvalue weighted by Crippen LogP contribution is 2.25. The molecule has 7 heteroatoms. The molecule has 0 saturated heterocycles. The van der Waals surface area contributed by atoms with Gasteiger partial charge in [0.2, 0.25) is 0 Å². The summed E-state index contributed by atoms with van der Waals surface area (Å²) in [7, 11) is 1.82. The van der Waals surface area contributed by atoms with Crippen LogP contribution in [-0.2, 0) is 13.6 Å². The number of fused-ring (bicyclic) bond motifs is 1. The molecular formula is C25H22N6O. The van der Waals surface area contributed by atoms with Crippen LogP contribution in [0.25, 0.3) is 22.3 Å². The van der Waals surface area contributed by atoms with Crippen LogP contribution in [0.4, 0.5) is 5.82 Å². The Morgan fingerprint density at radius 1 is 1.03 bits per heavy atom. The lowest BCUT2D eigenvalue weighted by molar-refractivity contribution is 0.102. The van der Waals surface area contributed by atoms with Gasteiger partial charge in [-0.3, -0.25) is 14.2 Å². The minimum absolute atomic E-state index is 0.247. The number of hydrogen-bond acceptors (Lipinski definition) is 4. The Bertz CT molecular complexity index is 1400. The summed E-state index contributed by atoms with van der Waals surface area (Å²) in [4.78, 5) is 17.9. The van der Waals surface area contributed by atoms with Gasteiger partial charge in [0, 0.05) is 24.9 Å². The van der Waals surface area contributed by atoms with E-state index in [1.54, 1.807) is 23.0 Å². The van der Waals surface area contributed by atoms with Gasteiger partial charge in [-0.05, 0) is 18.6 Å². The van der Waals surface area contributed by atoms with Crippen molar-refractivity contribution in [1.29, 1.82) is 0 Å². The Balaban J connectivity index is 1.43. The van der Waals surface area contributed by atoms with Gasteiger partial charge in [-0.25, -0.2) is 4.98 Å². The molecule has 0 aliphatic heterocycles. The van der Waals surface area contributed by atoms with E-state index in [0.717, 1.165) is 16.8 Å². The Morgan fingerprint density at radius 3 is 2.59 bits per heavy atom. The Morgan fingerprint density at radius 2 is 1.81 bits per heavy atom. The molecule has 0 bridgehead atoms. The van der Waals surface area contributed by atoms with Crippen LogP contribution in [0.5, 0.6) is 0 Å². The van der Waals surface area contributed by atoms with Crippen molar-refractivity contribution in [1.82, 2.24) is 24.5 Å². The van der Waals surface area contributed by atoms with E-state index in [-0.39, 0.29) is 5.91 Å². The molecule has 7 nitrogen and oxygen atoms in total. The van der Waals surface area contributed by atoms with Crippen LogP contribution in [0, 0.1) is 6.92 Å². The molecule has 0 aliphatic rings. The molecular weight excluding hydrogens is 400 g/mol. The third kappa shape index (κ3) is 3.88. The fourth-order valence-corrected chi connectivity index (χ4v) is 3.64. The number of rotatable bonds is 5. The third-order valence-electron chi connectivity index (χ3n) is 5.37. The Kier molecular flexibility index (Phi) is 4.99. The summed E-state index contributed by atoms with van der Waals surface area (Å²) in [6, 6.07) is 21.7. The van der Waals surface area contributed by atoms with Gasteiger partial charge < -0.3 is 5.32 Å². The van der Waals surface area contributed by atoms with Gasteiger partial charge in [-0.1, -0.05) is 60.2 Å². The Labute approximate surface area is 185 Å². The average Bonchev–Trinajstić information content (AvgIpc) is 3.41. The van der Waals surface area contributed by atoms with Crippen LogP contribution in [-0.4, -0.2) is 30.5 Å². The highest BCUT2D eigenvalue weighted by atomic mass is 16.1. The second-order valence-electron chi connectivity index (χ2n) is 7.76. The number of nitrogens with zero attached hydrogens (tertiary/aromatic N) is 5. The fourth-order valence-electron chi connectivity index (χ4n) is 3.64. The molecule has 1 amide bonds. The van der Waals surface area contributed by atoms with Crippen LogP contribution < -0.4 is 5.32 Å². The summed E-state index contributed by atoms with van der Waals surface area (Å²) in [6.07, 6.45) is 3.53. The smallest absolute Gasteiger partial charge is 0.257 e. The minimum atomic E-state index is -0.247. The predicted molar refractivity (Wildman–Crippen MR) is 124 cm³/mol. The highest BCUT2D eigenvalue weighted by Gasteiger charge is 2.17. The molecule has 5 rings (SSSR count). The second-order valence-corrected chi connectivity index (χ2v) is 7.76.